The number of anilines is 1. The summed E-state index contributed by atoms with van der Waals surface area (Å²) in [6.07, 6.45) is 6.43. The van der Waals surface area contributed by atoms with Gasteiger partial charge in [0.25, 0.3) is 0 Å². The van der Waals surface area contributed by atoms with Gasteiger partial charge >= 0.3 is 0 Å². The molecule has 9 heteroatoms. The van der Waals surface area contributed by atoms with Crippen LogP contribution in [0.1, 0.15) is 25.7 Å². The van der Waals surface area contributed by atoms with Gasteiger partial charge in [0, 0.05) is 40.1 Å². The zero-order valence-corrected chi connectivity index (χ0v) is 19.8. The average molecular weight is 497 g/mol. The number of aromatic amines is 1. The quantitative estimate of drug-likeness (QED) is 0.320. The summed E-state index contributed by atoms with van der Waals surface area (Å²) >= 11 is 1.94. The normalized spacial score (nSPS) is 21.4. The van der Waals surface area contributed by atoms with Gasteiger partial charge in [0.15, 0.2) is 17.4 Å². The van der Waals surface area contributed by atoms with Crippen LogP contribution in [0.2, 0.25) is 0 Å². The smallest absolute Gasteiger partial charge is 0.165 e. The minimum atomic E-state index is -0.687. The Balaban J connectivity index is 1.46. The number of nitrogens with one attached hydrogen (secondary N) is 2. The van der Waals surface area contributed by atoms with Gasteiger partial charge in [0.1, 0.15) is 17.5 Å². The molecule has 3 aliphatic rings. The van der Waals surface area contributed by atoms with E-state index in [1.54, 1.807) is 24.4 Å². The molecular formula is C26H23F3N4OS. The Hall–Kier alpha value is -3.20. The lowest BCUT2D eigenvalue weighted by molar-refractivity contribution is 0.344. The second-order valence-electron chi connectivity index (χ2n) is 9.06. The van der Waals surface area contributed by atoms with E-state index < -0.39 is 17.5 Å². The lowest BCUT2D eigenvalue weighted by Crippen LogP contribution is -2.38. The molecule has 180 valence electrons. The van der Waals surface area contributed by atoms with Gasteiger partial charge in [0.2, 0.25) is 0 Å². The van der Waals surface area contributed by atoms with Crippen LogP contribution < -0.4 is 10.1 Å². The predicted octanol–water partition coefficient (Wildman–Crippen LogP) is 6.76. The van der Waals surface area contributed by atoms with Crippen LogP contribution in [0.5, 0.6) is 5.75 Å². The van der Waals surface area contributed by atoms with Crippen LogP contribution in [0.15, 0.2) is 42.6 Å². The fourth-order valence-corrected chi connectivity index (χ4v) is 6.74. The van der Waals surface area contributed by atoms with Crippen molar-refractivity contribution in [1.29, 1.82) is 0 Å². The molecule has 35 heavy (non-hydrogen) atoms. The zero-order valence-electron chi connectivity index (χ0n) is 18.9. The number of benzene rings is 2. The van der Waals surface area contributed by atoms with Crippen LogP contribution >= 0.6 is 11.8 Å². The zero-order chi connectivity index (χ0) is 24.1. The summed E-state index contributed by atoms with van der Waals surface area (Å²) < 4.78 is 47.9. The molecule has 0 unspecified atom stereocenters. The number of rotatable bonds is 5. The van der Waals surface area contributed by atoms with Crippen molar-refractivity contribution in [2.45, 2.75) is 36.3 Å². The molecule has 0 amide bonds. The Morgan fingerprint density at radius 3 is 2.54 bits per heavy atom. The van der Waals surface area contributed by atoms with E-state index in [9.17, 15) is 13.2 Å². The number of nitrogens with zero attached hydrogens (tertiary/aromatic N) is 2. The van der Waals surface area contributed by atoms with E-state index in [2.05, 4.69) is 15.3 Å². The van der Waals surface area contributed by atoms with Gasteiger partial charge in [0.05, 0.1) is 23.7 Å². The first-order valence-electron chi connectivity index (χ1n) is 11.6. The Morgan fingerprint density at radius 2 is 1.83 bits per heavy atom. The van der Waals surface area contributed by atoms with E-state index in [-0.39, 0.29) is 16.6 Å². The molecule has 0 radical (unpaired) electrons. The molecule has 1 saturated carbocycles. The van der Waals surface area contributed by atoms with Crippen molar-refractivity contribution in [3.8, 4) is 28.4 Å². The average Bonchev–Trinajstić information content (AvgIpc) is 3.29. The summed E-state index contributed by atoms with van der Waals surface area (Å²) in [5.74, 6) is -0.290. The van der Waals surface area contributed by atoms with Gasteiger partial charge in [-0.1, -0.05) is 0 Å². The topological polar surface area (TPSA) is 62.8 Å². The van der Waals surface area contributed by atoms with Crippen molar-refractivity contribution < 1.29 is 17.9 Å². The molecule has 4 aromatic rings. The van der Waals surface area contributed by atoms with Gasteiger partial charge in [-0.2, -0.15) is 0 Å². The molecule has 2 saturated heterocycles. The third kappa shape index (κ3) is 4.11. The largest absolute Gasteiger partial charge is 0.494 e. The van der Waals surface area contributed by atoms with Crippen LogP contribution in [0.3, 0.4) is 0 Å². The fourth-order valence-electron chi connectivity index (χ4n) is 5.10. The second kappa shape index (κ2) is 8.78. The second-order valence-corrected chi connectivity index (χ2v) is 10.5. The Kier molecular flexibility index (Phi) is 5.59. The lowest BCUT2D eigenvalue weighted by atomic mass is 9.88. The molecular weight excluding hydrogens is 473 g/mol. The highest BCUT2D eigenvalue weighted by Crippen LogP contribution is 2.46. The molecule has 2 aliphatic heterocycles. The highest BCUT2D eigenvalue weighted by Gasteiger charge is 2.36. The number of methoxy groups -OCH3 is 1. The first-order valence-corrected chi connectivity index (χ1v) is 12.5. The van der Waals surface area contributed by atoms with Gasteiger partial charge in [-0.15, -0.1) is 11.8 Å². The number of ether oxygens (including phenoxy) is 1. The van der Waals surface area contributed by atoms with Gasteiger partial charge < -0.3 is 15.0 Å². The van der Waals surface area contributed by atoms with Gasteiger partial charge in [-0.3, -0.25) is 0 Å². The maximum atomic E-state index is 14.5. The minimum Gasteiger partial charge on any atom is -0.494 e. The summed E-state index contributed by atoms with van der Waals surface area (Å²) in [4.78, 5) is 12.3. The third-order valence-corrected chi connectivity index (χ3v) is 8.55. The maximum Gasteiger partial charge on any atom is 0.165 e. The van der Waals surface area contributed by atoms with E-state index in [0.717, 1.165) is 6.07 Å². The summed E-state index contributed by atoms with van der Waals surface area (Å²) in [6, 6.07) is 8.53. The number of hydrogen-bond acceptors (Lipinski definition) is 5. The number of H-pyrrole nitrogens is 1. The number of hydrogen-bond donors (Lipinski definition) is 2. The van der Waals surface area contributed by atoms with E-state index >= 15 is 0 Å². The Bertz CT molecular complexity index is 1420. The first-order chi connectivity index (χ1) is 17.0. The molecule has 1 atom stereocenters. The first kappa shape index (κ1) is 22.3. The molecule has 5 nitrogen and oxygen atoms in total. The minimum absolute atomic E-state index is 0.138. The van der Waals surface area contributed by atoms with Gasteiger partial charge in [-0.25, -0.2) is 23.1 Å². The molecule has 7 rings (SSSR count). The van der Waals surface area contributed by atoms with Crippen molar-refractivity contribution in [1.82, 2.24) is 15.0 Å². The number of thioether (sulfide) groups is 1. The van der Waals surface area contributed by atoms with E-state index in [1.807, 2.05) is 11.8 Å². The Morgan fingerprint density at radius 1 is 1.00 bits per heavy atom. The van der Waals surface area contributed by atoms with Crippen molar-refractivity contribution in [2.75, 3.05) is 12.4 Å². The van der Waals surface area contributed by atoms with Gasteiger partial charge in [-0.05, 0) is 55.9 Å². The van der Waals surface area contributed by atoms with Crippen LogP contribution in [0, 0.1) is 23.4 Å². The summed E-state index contributed by atoms with van der Waals surface area (Å²) in [7, 11) is 1.41. The molecule has 2 N–H and O–H groups in total. The monoisotopic (exact) mass is 496 g/mol. The number of aromatic nitrogens is 3. The van der Waals surface area contributed by atoms with Crippen LogP contribution in [-0.2, 0) is 0 Å². The number of halogens is 3. The molecule has 4 heterocycles. The molecule has 2 bridgehead atoms. The molecule has 1 aliphatic carbocycles. The van der Waals surface area contributed by atoms with E-state index in [0.29, 0.717) is 45.0 Å². The van der Waals surface area contributed by atoms with Crippen molar-refractivity contribution in [3.05, 3.63) is 60.0 Å². The summed E-state index contributed by atoms with van der Waals surface area (Å²) in [5.41, 5.74) is 1.69. The fraction of sp³-hybridized carbons (Fsp3) is 0.308. The van der Waals surface area contributed by atoms with Crippen molar-refractivity contribution in [3.63, 3.8) is 0 Å². The van der Waals surface area contributed by atoms with E-state index in [4.69, 9.17) is 9.72 Å². The molecule has 2 aromatic carbocycles. The maximum absolute atomic E-state index is 14.5. The molecule has 2 aromatic heterocycles. The predicted molar refractivity (Wildman–Crippen MR) is 132 cm³/mol. The molecule has 0 spiro atoms. The van der Waals surface area contributed by atoms with Crippen LogP contribution in [0.25, 0.3) is 33.5 Å². The Labute approximate surface area is 204 Å². The SMILES string of the molecule is COc1ccc(-c2cc(N[C@@H]3SC4CCC3CC4)nc(-c3c[nH]c4c(F)cc(F)cc34)n2)cc1F. The number of fused-ring (bicyclic) bond motifs is 4. The summed E-state index contributed by atoms with van der Waals surface area (Å²) in [6.45, 7) is 0. The van der Waals surface area contributed by atoms with Crippen LogP contribution in [0.4, 0.5) is 19.0 Å². The standard InChI is InChI=1S/C26H23F3N4OS/c1-34-22-7-4-14(8-19(22)28)21-11-23(33-26-13-2-5-16(35-26)6-3-13)32-25(31-21)18-12-30-24-17(18)9-15(27)10-20(24)29/h4,7-13,16,26,30H,2-3,5-6H2,1H3,(H,31,32,33)/t13?,16?,26-/m1/s1. The lowest BCUT2D eigenvalue weighted by Gasteiger charge is -2.42. The molecule has 3 fully saturated rings. The third-order valence-electron chi connectivity index (χ3n) is 6.90. The van der Waals surface area contributed by atoms with Crippen LogP contribution in [-0.4, -0.2) is 32.7 Å². The highest BCUT2D eigenvalue weighted by molar-refractivity contribution is 8.00. The summed E-state index contributed by atoms with van der Waals surface area (Å²) in [5, 5.41) is 4.79. The highest BCUT2D eigenvalue weighted by atomic mass is 32.2. The van der Waals surface area contributed by atoms with Crippen molar-refractivity contribution in [2.24, 2.45) is 5.92 Å². The van der Waals surface area contributed by atoms with E-state index in [1.165, 1.54) is 44.9 Å². The van der Waals surface area contributed by atoms with Crippen molar-refractivity contribution >= 4 is 28.5 Å².